The zero-order valence-electron chi connectivity index (χ0n) is 15.9. The number of carbonyl (C=O) groups excluding carboxylic acids is 2. The summed E-state index contributed by atoms with van der Waals surface area (Å²) in [6.45, 7) is 5.01. The fourth-order valence-corrected chi connectivity index (χ4v) is 3.19. The smallest absolute Gasteiger partial charge is 0.251 e. The number of fused-ring (bicyclic) bond motifs is 1. The Balaban J connectivity index is 0.00000280. The molecule has 0 aliphatic carbocycles. The summed E-state index contributed by atoms with van der Waals surface area (Å²) in [6, 6.07) is 11.3. The van der Waals surface area contributed by atoms with E-state index in [4.69, 9.17) is 0 Å². The molecular weight excluding hydrogens is 381 g/mol. The van der Waals surface area contributed by atoms with Gasteiger partial charge in [-0.1, -0.05) is 38.1 Å². The van der Waals surface area contributed by atoms with Crippen molar-refractivity contribution in [3.05, 3.63) is 65.0 Å². The van der Waals surface area contributed by atoms with E-state index >= 15 is 0 Å². The van der Waals surface area contributed by atoms with Crippen LogP contribution in [0.4, 0.5) is 10.1 Å². The van der Waals surface area contributed by atoms with E-state index in [-0.39, 0.29) is 35.7 Å². The third kappa shape index (κ3) is 4.88. The summed E-state index contributed by atoms with van der Waals surface area (Å²) in [5.41, 5.74) is 2.18. The van der Waals surface area contributed by atoms with Crippen LogP contribution in [0.5, 0.6) is 0 Å². The van der Waals surface area contributed by atoms with Crippen molar-refractivity contribution in [2.24, 2.45) is 5.92 Å². The molecule has 0 saturated heterocycles. The van der Waals surface area contributed by atoms with Gasteiger partial charge < -0.3 is 16.0 Å². The maximum atomic E-state index is 14.8. The average Bonchev–Trinajstić information content (AvgIpc) is 2.68. The molecule has 3 rings (SSSR count). The number of amides is 2. The van der Waals surface area contributed by atoms with Gasteiger partial charge in [-0.3, -0.25) is 9.59 Å². The Labute approximate surface area is 170 Å². The Bertz CT molecular complexity index is 843. The molecule has 0 fully saturated rings. The Hall–Kier alpha value is -2.44. The van der Waals surface area contributed by atoms with Crippen molar-refractivity contribution in [2.75, 3.05) is 11.9 Å². The fourth-order valence-electron chi connectivity index (χ4n) is 3.19. The second-order valence-electron chi connectivity index (χ2n) is 7.04. The molecule has 0 radical (unpaired) electrons. The van der Waals surface area contributed by atoms with Crippen LogP contribution in [-0.4, -0.2) is 24.4 Å². The standard InChI is InChI=1S/C21H24FN3O2.ClH/c1-13(2)19(25-20(26)14-6-4-3-5-7-14)21(27)24-17-9-8-15-12-23-11-10-16(15)18(17)22;/h3-9,13,19,23H,10-12H2,1-2H3,(H,24,27)(H,25,26);1H. The van der Waals surface area contributed by atoms with Gasteiger partial charge in [0.25, 0.3) is 5.91 Å². The first-order valence-corrected chi connectivity index (χ1v) is 9.15. The summed E-state index contributed by atoms with van der Waals surface area (Å²) in [7, 11) is 0. The Kier molecular flexibility index (Phi) is 7.54. The molecule has 0 saturated carbocycles. The summed E-state index contributed by atoms with van der Waals surface area (Å²) in [5, 5.41) is 8.60. The average molecular weight is 406 g/mol. The first-order valence-electron chi connectivity index (χ1n) is 9.15. The van der Waals surface area contributed by atoms with Crippen LogP contribution >= 0.6 is 12.4 Å². The minimum atomic E-state index is -0.769. The number of nitrogens with one attached hydrogen (secondary N) is 3. The fraction of sp³-hybridized carbons (Fsp3) is 0.333. The molecule has 2 aromatic carbocycles. The highest BCUT2D eigenvalue weighted by atomic mass is 35.5. The summed E-state index contributed by atoms with van der Waals surface area (Å²) in [4.78, 5) is 25.1. The molecule has 150 valence electrons. The third-order valence-electron chi connectivity index (χ3n) is 4.74. The molecular formula is C21H25ClFN3O2. The molecule has 0 spiro atoms. The minimum Gasteiger partial charge on any atom is -0.340 e. The SMILES string of the molecule is CC(C)C(NC(=O)c1ccccc1)C(=O)Nc1ccc2c(c1F)CCNC2.Cl. The normalized spacial score (nSPS) is 13.9. The van der Waals surface area contributed by atoms with E-state index in [1.54, 1.807) is 30.3 Å². The van der Waals surface area contributed by atoms with Gasteiger partial charge in [0.1, 0.15) is 11.9 Å². The van der Waals surface area contributed by atoms with Gasteiger partial charge in [0.2, 0.25) is 5.91 Å². The minimum absolute atomic E-state index is 0. The van der Waals surface area contributed by atoms with Gasteiger partial charge in [-0.05, 0) is 48.2 Å². The Morgan fingerprint density at radius 3 is 2.50 bits per heavy atom. The van der Waals surface area contributed by atoms with Gasteiger partial charge >= 0.3 is 0 Å². The molecule has 28 heavy (non-hydrogen) atoms. The van der Waals surface area contributed by atoms with Crippen LogP contribution in [0.3, 0.4) is 0 Å². The summed E-state index contributed by atoms with van der Waals surface area (Å²) >= 11 is 0. The Morgan fingerprint density at radius 2 is 1.82 bits per heavy atom. The topological polar surface area (TPSA) is 70.2 Å². The number of rotatable bonds is 5. The zero-order valence-corrected chi connectivity index (χ0v) is 16.7. The van der Waals surface area contributed by atoms with Crippen molar-refractivity contribution in [1.82, 2.24) is 10.6 Å². The molecule has 1 unspecified atom stereocenters. The molecule has 5 nitrogen and oxygen atoms in total. The maximum absolute atomic E-state index is 14.8. The van der Waals surface area contributed by atoms with Gasteiger partial charge in [0.05, 0.1) is 5.69 Å². The van der Waals surface area contributed by atoms with Crippen molar-refractivity contribution in [3.8, 4) is 0 Å². The van der Waals surface area contributed by atoms with Gasteiger partial charge in [0.15, 0.2) is 0 Å². The number of hydrogen-bond acceptors (Lipinski definition) is 3. The van der Waals surface area contributed by atoms with Crippen LogP contribution in [0.15, 0.2) is 42.5 Å². The maximum Gasteiger partial charge on any atom is 0.251 e. The first kappa shape index (κ1) is 21.9. The largest absolute Gasteiger partial charge is 0.340 e. The first-order chi connectivity index (χ1) is 13.0. The molecule has 1 aliphatic rings. The third-order valence-corrected chi connectivity index (χ3v) is 4.74. The van der Waals surface area contributed by atoms with Gasteiger partial charge in [0, 0.05) is 12.1 Å². The van der Waals surface area contributed by atoms with Gasteiger partial charge in [-0.15, -0.1) is 12.4 Å². The van der Waals surface area contributed by atoms with Crippen molar-refractivity contribution in [3.63, 3.8) is 0 Å². The lowest BCUT2D eigenvalue weighted by Gasteiger charge is -2.23. The van der Waals surface area contributed by atoms with E-state index in [1.807, 2.05) is 26.0 Å². The molecule has 1 atom stereocenters. The number of halogens is 2. The van der Waals surface area contributed by atoms with Crippen molar-refractivity contribution < 1.29 is 14.0 Å². The highest BCUT2D eigenvalue weighted by molar-refractivity contribution is 6.01. The predicted octanol–water partition coefficient (Wildman–Crippen LogP) is 3.29. The van der Waals surface area contributed by atoms with Gasteiger partial charge in [-0.2, -0.15) is 0 Å². The number of benzene rings is 2. The highest BCUT2D eigenvalue weighted by Gasteiger charge is 2.26. The molecule has 7 heteroatoms. The van der Waals surface area contributed by atoms with Gasteiger partial charge in [-0.25, -0.2) is 4.39 Å². The molecule has 1 aliphatic heterocycles. The molecule has 2 aromatic rings. The van der Waals surface area contributed by atoms with Crippen LogP contribution < -0.4 is 16.0 Å². The predicted molar refractivity (Wildman–Crippen MR) is 110 cm³/mol. The van der Waals surface area contributed by atoms with E-state index in [9.17, 15) is 14.0 Å². The van der Waals surface area contributed by atoms with E-state index < -0.39 is 11.9 Å². The summed E-state index contributed by atoms with van der Waals surface area (Å²) < 4.78 is 14.8. The summed E-state index contributed by atoms with van der Waals surface area (Å²) in [6.07, 6.45) is 0.587. The van der Waals surface area contributed by atoms with Crippen LogP contribution in [-0.2, 0) is 17.8 Å². The lowest BCUT2D eigenvalue weighted by Crippen LogP contribution is -2.47. The zero-order chi connectivity index (χ0) is 19.4. The number of anilines is 1. The monoisotopic (exact) mass is 405 g/mol. The number of hydrogen-bond donors (Lipinski definition) is 3. The van der Waals surface area contributed by atoms with E-state index in [1.165, 1.54) is 0 Å². The molecule has 0 bridgehead atoms. The number of carbonyl (C=O) groups is 2. The Morgan fingerprint density at radius 1 is 1.11 bits per heavy atom. The van der Waals surface area contributed by atoms with E-state index in [0.717, 1.165) is 5.56 Å². The quantitative estimate of drug-likeness (QED) is 0.714. The van der Waals surface area contributed by atoms with Crippen LogP contribution in [0.2, 0.25) is 0 Å². The lowest BCUT2D eigenvalue weighted by molar-refractivity contribution is -0.118. The van der Waals surface area contributed by atoms with Crippen LogP contribution in [0, 0.1) is 11.7 Å². The second kappa shape index (κ2) is 9.66. The van der Waals surface area contributed by atoms with Crippen molar-refractivity contribution in [1.29, 1.82) is 0 Å². The van der Waals surface area contributed by atoms with Crippen LogP contribution in [0.1, 0.15) is 35.3 Å². The molecule has 3 N–H and O–H groups in total. The van der Waals surface area contributed by atoms with E-state index in [2.05, 4.69) is 16.0 Å². The molecule has 1 heterocycles. The highest BCUT2D eigenvalue weighted by Crippen LogP contribution is 2.25. The van der Waals surface area contributed by atoms with Crippen molar-refractivity contribution >= 4 is 29.9 Å². The lowest BCUT2D eigenvalue weighted by atomic mass is 9.99. The van der Waals surface area contributed by atoms with E-state index in [0.29, 0.717) is 30.6 Å². The van der Waals surface area contributed by atoms with Crippen molar-refractivity contribution in [2.45, 2.75) is 32.9 Å². The summed E-state index contributed by atoms with van der Waals surface area (Å²) in [5.74, 6) is -1.30. The molecule has 2 amide bonds. The molecule has 0 aromatic heterocycles. The second-order valence-corrected chi connectivity index (χ2v) is 7.04. The van der Waals surface area contributed by atoms with Crippen LogP contribution in [0.25, 0.3) is 0 Å².